The van der Waals surface area contributed by atoms with E-state index in [1.54, 1.807) is 24.3 Å². The van der Waals surface area contributed by atoms with Crippen LogP contribution in [0.1, 0.15) is 12.8 Å². The highest BCUT2D eigenvalue weighted by Crippen LogP contribution is 2.18. The maximum absolute atomic E-state index is 12.1. The molecule has 0 saturated carbocycles. The Hall–Kier alpha value is -0.870. The number of hydrogen-bond acceptors (Lipinski definition) is 3. The van der Waals surface area contributed by atoms with Crippen LogP contribution in [0.5, 0.6) is 0 Å². The number of benzene rings is 1. The summed E-state index contributed by atoms with van der Waals surface area (Å²) in [5.74, 6) is 0.531. The average molecular weight is 239 g/mol. The summed E-state index contributed by atoms with van der Waals surface area (Å²) in [6.45, 7) is 1.84. The molecule has 88 valence electrons. The molecule has 1 fully saturated rings. The monoisotopic (exact) mass is 239 g/mol. The minimum Gasteiger partial charge on any atom is -0.316 e. The molecule has 0 bridgehead atoms. The summed E-state index contributed by atoms with van der Waals surface area (Å²) in [5, 5.41) is 3.24. The van der Waals surface area contributed by atoms with Crippen LogP contribution in [0.2, 0.25) is 0 Å². The Bertz CT molecular complexity index is 422. The molecule has 2 rings (SSSR count). The van der Waals surface area contributed by atoms with Gasteiger partial charge in [0.05, 0.1) is 10.6 Å². The first-order valence-electron chi connectivity index (χ1n) is 5.67. The lowest BCUT2D eigenvalue weighted by atomic mass is 10.0. The largest absolute Gasteiger partial charge is 0.316 e. The van der Waals surface area contributed by atoms with Crippen LogP contribution < -0.4 is 5.32 Å². The molecule has 16 heavy (non-hydrogen) atoms. The van der Waals surface area contributed by atoms with Crippen LogP contribution in [0.3, 0.4) is 0 Å². The molecule has 0 aliphatic carbocycles. The third-order valence-electron chi connectivity index (χ3n) is 2.96. The van der Waals surface area contributed by atoms with Crippen molar-refractivity contribution in [2.75, 3.05) is 18.8 Å². The summed E-state index contributed by atoms with van der Waals surface area (Å²) in [5.41, 5.74) is 0. The number of sulfone groups is 1. The van der Waals surface area contributed by atoms with E-state index in [1.807, 2.05) is 6.07 Å². The fraction of sp³-hybridized carbons (Fsp3) is 0.500. The van der Waals surface area contributed by atoms with Crippen molar-refractivity contribution in [1.29, 1.82) is 0 Å². The van der Waals surface area contributed by atoms with Gasteiger partial charge in [0.15, 0.2) is 9.84 Å². The highest BCUT2D eigenvalue weighted by Gasteiger charge is 2.22. The normalized spacial score (nSPS) is 21.9. The first-order valence-corrected chi connectivity index (χ1v) is 7.32. The molecule has 1 heterocycles. The number of piperidine rings is 1. The lowest BCUT2D eigenvalue weighted by Gasteiger charge is -2.22. The second kappa shape index (κ2) is 4.97. The molecule has 1 aliphatic heterocycles. The lowest BCUT2D eigenvalue weighted by molar-refractivity contribution is 0.404. The van der Waals surface area contributed by atoms with E-state index in [-0.39, 0.29) is 11.7 Å². The summed E-state index contributed by atoms with van der Waals surface area (Å²) in [6, 6.07) is 8.72. The zero-order valence-electron chi connectivity index (χ0n) is 9.22. The van der Waals surface area contributed by atoms with Gasteiger partial charge in [0, 0.05) is 0 Å². The van der Waals surface area contributed by atoms with Crippen LogP contribution >= 0.6 is 0 Å². The van der Waals surface area contributed by atoms with Crippen LogP contribution in [0.4, 0.5) is 0 Å². The average Bonchev–Trinajstić information content (AvgIpc) is 2.31. The van der Waals surface area contributed by atoms with E-state index in [0.29, 0.717) is 4.90 Å². The van der Waals surface area contributed by atoms with Crippen molar-refractivity contribution >= 4 is 9.84 Å². The number of nitrogens with one attached hydrogen (secondary N) is 1. The molecule has 1 aliphatic rings. The zero-order chi connectivity index (χ0) is 11.4. The van der Waals surface area contributed by atoms with Gasteiger partial charge in [0.2, 0.25) is 0 Å². The van der Waals surface area contributed by atoms with Gasteiger partial charge in [0.25, 0.3) is 0 Å². The van der Waals surface area contributed by atoms with Crippen molar-refractivity contribution in [1.82, 2.24) is 5.32 Å². The molecule has 3 nitrogen and oxygen atoms in total. The molecule has 1 aromatic carbocycles. The third kappa shape index (κ3) is 2.83. The van der Waals surface area contributed by atoms with E-state index in [4.69, 9.17) is 0 Å². The van der Waals surface area contributed by atoms with E-state index < -0.39 is 9.84 Å². The lowest BCUT2D eigenvalue weighted by Crippen LogP contribution is -2.33. The number of rotatable bonds is 3. The Labute approximate surface area is 96.8 Å². The van der Waals surface area contributed by atoms with Crippen molar-refractivity contribution in [2.24, 2.45) is 5.92 Å². The quantitative estimate of drug-likeness (QED) is 0.868. The Morgan fingerprint density at radius 3 is 2.62 bits per heavy atom. The third-order valence-corrected chi connectivity index (χ3v) is 4.86. The van der Waals surface area contributed by atoms with Gasteiger partial charge >= 0.3 is 0 Å². The van der Waals surface area contributed by atoms with Crippen LogP contribution in [0, 0.1) is 5.92 Å². The molecule has 1 saturated heterocycles. The molecule has 0 unspecified atom stereocenters. The van der Waals surface area contributed by atoms with E-state index in [2.05, 4.69) is 5.32 Å². The van der Waals surface area contributed by atoms with E-state index in [9.17, 15) is 8.42 Å². The summed E-state index contributed by atoms with van der Waals surface area (Å²) >= 11 is 0. The maximum Gasteiger partial charge on any atom is 0.178 e. The fourth-order valence-corrected chi connectivity index (χ4v) is 3.77. The Morgan fingerprint density at radius 1 is 1.25 bits per heavy atom. The topological polar surface area (TPSA) is 46.2 Å². The first kappa shape index (κ1) is 11.6. The summed E-state index contributed by atoms with van der Waals surface area (Å²) in [4.78, 5) is 0.445. The predicted molar refractivity (Wildman–Crippen MR) is 64.1 cm³/mol. The van der Waals surface area contributed by atoms with Gasteiger partial charge < -0.3 is 5.32 Å². The Morgan fingerprint density at radius 2 is 2.00 bits per heavy atom. The smallest absolute Gasteiger partial charge is 0.178 e. The van der Waals surface area contributed by atoms with Gasteiger partial charge in [-0.1, -0.05) is 18.2 Å². The van der Waals surface area contributed by atoms with Crippen LogP contribution in [0.15, 0.2) is 35.2 Å². The zero-order valence-corrected chi connectivity index (χ0v) is 10.0. The predicted octanol–water partition coefficient (Wildman–Crippen LogP) is 1.46. The van der Waals surface area contributed by atoms with Gasteiger partial charge in [-0.15, -0.1) is 0 Å². The number of hydrogen-bond donors (Lipinski definition) is 1. The van der Waals surface area contributed by atoms with Crippen molar-refractivity contribution in [3.63, 3.8) is 0 Å². The molecule has 0 aromatic heterocycles. The van der Waals surface area contributed by atoms with Crippen LogP contribution in [0.25, 0.3) is 0 Å². The van der Waals surface area contributed by atoms with Crippen molar-refractivity contribution in [2.45, 2.75) is 17.7 Å². The van der Waals surface area contributed by atoms with E-state index in [0.717, 1.165) is 25.9 Å². The van der Waals surface area contributed by atoms with Gasteiger partial charge in [-0.2, -0.15) is 0 Å². The molecule has 4 heteroatoms. The van der Waals surface area contributed by atoms with Gasteiger partial charge in [-0.05, 0) is 44.0 Å². The molecule has 0 spiro atoms. The maximum atomic E-state index is 12.1. The van der Waals surface area contributed by atoms with E-state index >= 15 is 0 Å². The first-order chi connectivity index (χ1) is 7.68. The van der Waals surface area contributed by atoms with Gasteiger partial charge in [-0.25, -0.2) is 8.42 Å². The molecular formula is C12H17NO2S. The summed E-state index contributed by atoms with van der Waals surface area (Å²) in [7, 11) is -3.10. The molecular weight excluding hydrogens is 222 g/mol. The minimum atomic E-state index is -3.10. The SMILES string of the molecule is O=S(=O)(C[C@H]1CCCNC1)c1ccccc1. The standard InChI is InChI=1S/C12H17NO2S/c14-16(15,12-6-2-1-3-7-12)10-11-5-4-8-13-9-11/h1-3,6-7,11,13H,4-5,8-10H2/t11-/m0/s1. The van der Waals surface area contributed by atoms with Gasteiger partial charge in [0.1, 0.15) is 0 Å². The summed E-state index contributed by atoms with van der Waals surface area (Å²) in [6.07, 6.45) is 2.09. The van der Waals surface area contributed by atoms with Crippen molar-refractivity contribution < 1.29 is 8.42 Å². The van der Waals surface area contributed by atoms with Crippen molar-refractivity contribution in [3.8, 4) is 0 Å². The Kier molecular flexibility index (Phi) is 3.61. The summed E-state index contributed by atoms with van der Waals surface area (Å²) < 4.78 is 24.1. The fourth-order valence-electron chi connectivity index (χ4n) is 2.10. The molecule has 1 aromatic rings. The molecule has 1 atom stereocenters. The second-order valence-corrected chi connectivity index (χ2v) is 6.34. The highest BCUT2D eigenvalue weighted by atomic mass is 32.2. The Balaban J connectivity index is 2.08. The van der Waals surface area contributed by atoms with E-state index in [1.165, 1.54) is 0 Å². The van der Waals surface area contributed by atoms with Crippen LogP contribution in [-0.2, 0) is 9.84 Å². The second-order valence-electron chi connectivity index (χ2n) is 4.31. The highest BCUT2D eigenvalue weighted by molar-refractivity contribution is 7.91. The molecule has 0 radical (unpaired) electrons. The molecule has 1 N–H and O–H groups in total. The minimum absolute atomic E-state index is 0.263. The van der Waals surface area contributed by atoms with Gasteiger partial charge in [-0.3, -0.25) is 0 Å². The molecule has 0 amide bonds. The van der Waals surface area contributed by atoms with Crippen molar-refractivity contribution in [3.05, 3.63) is 30.3 Å². The van der Waals surface area contributed by atoms with Crippen LogP contribution in [-0.4, -0.2) is 27.3 Å².